The molecule has 12 heteroatoms. The maximum atomic E-state index is 13.0. The van der Waals surface area contributed by atoms with Crippen molar-refractivity contribution in [1.82, 2.24) is 15.6 Å². The number of nitrogens with one attached hydrogen (secondary N) is 3. The Morgan fingerprint density at radius 1 is 1.10 bits per heavy atom. The van der Waals surface area contributed by atoms with Crippen LogP contribution in [0.15, 0.2) is 73.1 Å². The second-order valence-corrected chi connectivity index (χ2v) is 9.25. The van der Waals surface area contributed by atoms with Crippen LogP contribution in [-0.2, 0) is 20.9 Å². The molecule has 0 bridgehead atoms. The van der Waals surface area contributed by atoms with Crippen LogP contribution >= 0.6 is 11.6 Å². The topological polar surface area (TPSA) is 144 Å². The molecule has 0 aliphatic carbocycles. The van der Waals surface area contributed by atoms with E-state index in [2.05, 4.69) is 20.9 Å². The summed E-state index contributed by atoms with van der Waals surface area (Å²) in [7, 11) is 0. The summed E-state index contributed by atoms with van der Waals surface area (Å²) in [6.07, 6.45) is 2.57. The van der Waals surface area contributed by atoms with E-state index >= 15 is 0 Å². The Kier molecular flexibility index (Phi) is 10.9. The number of benzene rings is 2. The third-order valence-electron chi connectivity index (χ3n) is 6.05. The van der Waals surface area contributed by atoms with Gasteiger partial charge < -0.3 is 30.8 Å². The number of nitrogens with zero attached hydrogens (tertiary/aromatic N) is 2. The Labute approximate surface area is 252 Å². The molecule has 1 saturated heterocycles. The van der Waals surface area contributed by atoms with Crippen LogP contribution in [0, 0.1) is 5.92 Å². The van der Waals surface area contributed by atoms with Crippen molar-refractivity contribution in [3.05, 3.63) is 89.2 Å². The third kappa shape index (κ3) is 8.52. The Morgan fingerprint density at radius 2 is 1.87 bits per heavy atom. The van der Waals surface area contributed by atoms with E-state index < -0.39 is 36.3 Å². The molecule has 39 heavy (non-hydrogen) atoms. The second kappa shape index (κ2) is 14.1. The molecule has 3 aromatic rings. The number of halogens is 1. The van der Waals surface area contributed by atoms with Crippen LogP contribution in [-0.4, -0.2) is 35.3 Å². The monoisotopic (exact) mass is 557 g/mol. The number of hydrogen-bond donors (Lipinski definition) is 3. The molecule has 1 aromatic heterocycles. The molecule has 196 valence electrons. The van der Waals surface area contributed by atoms with E-state index in [0.717, 1.165) is 5.56 Å². The molecule has 1 fully saturated rings. The number of pyridine rings is 1. The van der Waals surface area contributed by atoms with Gasteiger partial charge in [-0.05, 0) is 47.5 Å². The van der Waals surface area contributed by atoms with Crippen LogP contribution in [0.3, 0.4) is 0 Å². The Hall–Kier alpha value is -3.44. The summed E-state index contributed by atoms with van der Waals surface area (Å²) in [6.45, 7) is 0.421. The number of carboxylic acids is 1. The number of carbonyl (C=O) groups excluding carboxylic acids is 4. The van der Waals surface area contributed by atoms with Gasteiger partial charge in [-0.1, -0.05) is 35.9 Å². The van der Waals surface area contributed by atoms with Crippen molar-refractivity contribution >= 4 is 46.8 Å². The number of hydrogen-bond acceptors (Lipinski definition) is 6. The van der Waals surface area contributed by atoms with Crippen molar-refractivity contribution < 1.29 is 53.8 Å². The Bertz CT molecular complexity index is 1330. The first kappa shape index (κ1) is 30.1. The summed E-state index contributed by atoms with van der Waals surface area (Å²) in [6, 6.07) is 15.9. The normalized spacial score (nSPS) is 15.2. The summed E-state index contributed by atoms with van der Waals surface area (Å²) in [5.41, 5.74) is 2.41. The zero-order valence-corrected chi connectivity index (χ0v) is 24.0. The number of urea groups is 1. The maximum Gasteiger partial charge on any atom is 1.00 e. The summed E-state index contributed by atoms with van der Waals surface area (Å²) in [5, 5.41) is 20.0. The average molecular weight is 558 g/mol. The first-order valence-corrected chi connectivity index (χ1v) is 12.3. The third-order valence-corrected chi connectivity index (χ3v) is 6.30. The zero-order valence-electron chi connectivity index (χ0n) is 21.2. The van der Waals surface area contributed by atoms with Gasteiger partial charge in [-0.2, -0.15) is 0 Å². The predicted octanol–water partition coefficient (Wildman–Crippen LogP) is -0.589. The SMILES string of the molecule is O=C([O-])CC(NC(=O)C1CC(=O)N(c2cccc(NC(=O)NCc3ccc(Cl)cc3)c2)C1)c1cccnc1.[Na+]. The molecular weight excluding hydrogens is 533 g/mol. The fourth-order valence-corrected chi connectivity index (χ4v) is 4.26. The summed E-state index contributed by atoms with van der Waals surface area (Å²) in [4.78, 5) is 54.7. The molecule has 2 heterocycles. The van der Waals surface area contributed by atoms with Crippen molar-refractivity contribution in [2.75, 3.05) is 16.8 Å². The second-order valence-electron chi connectivity index (χ2n) is 8.81. The summed E-state index contributed by atoms with van der Waals surface area (Å²) < 4.78 is 0. The number of carbonyl (C=O) groups is 4. The predicted molar refractivity (Wildman–Crippen MR) is 139 cm³/mol. The van der Waals surface area contributed by atoms with Gasteiger partial charge in [0.25, 0.3) is 0 Å². The fraction of sp³-hybridized carbons (Fsp3) is 0.222. The minimum atomic E-state index is -1.32. The minimum absolute atomic E-state index is 0. The van der Waals surface area contributed by atoms with E-state index in [0.29, 0.717) is 28.5 Å². The Balaban J connectivity index is 0.00000420. The van der Waals surface area contributed by atoms with Crippen molar-refractivity contribution in [3.8, 4) is 0 Å². The molecule has 0 radical (unpaired) electrons. The molecule has 4 amide bonds. The molecule has 0 spiro atoms. The van der Waals surface area contributed by atoms with Gasteiger partial charge in [0.05, 0.1) is 12.0 Å². The summed E-state index contributed by atoms with van der Waals surface area (Å²) in [5.74, 6) is -2.69. The van der Waals surface area contributed by atoms with Crippen LogP contribution in [0.5, 0.6) is 0 Å². The van der Waals surface area contributed by atoms with Gasteiger partial charge in [-0.3, -0.25) is 14.6 Å². The Morgan fingerprint density at radius 3 is 2.56 bits per heavy atom. The van der Waals surface area contributed by atoms with E-state index in [1.165, 1.54) is 11.1 Å². The molecule has 3 N–H and O–H groups in total. The number of aliphatic carboxylic acids is 1. The van der Waals surface area contributed by atoms with Crippen LogP contribution in [0.2, 0.25) is 5.02 Å². The van der Waals surface area contributed by atoms with Crippen LogP contribution in [0.25, 0.3) is 0 Å². The van der Waals surface area contributed by atoms with Gasteiger partial charge in [0.1, 0.15) is 0 Å². The van der Waals surface area contributed by atoms with Gasteiger partial charge in [0.15, 0.2) is 0 Å². The number of anilines is 2. The van der Waals surface area contributed by atoms with E-state index in [-0.39, 0.29) is 48.4 Å². The van der Waals surface area contributed by atoms with E-state index in [9.17, 15) is 24.3 Å². The maximum absolute atomic E-state index is 13.0. The van der Waals surface area contributed by atoms with Crippen LogP contribution in [0.1, 0.15) is 30.0 Å². The van der Waals surface area contributed by atoms with Crippen molar-refractivity contribution in [2.45, 2.75) is 25.4 Å². The molecule has 2 aromatic carbocycles. The van der Waals surface area contributed by atoms with Gasteiger partial charge in [0, 0.05) is 60.7 Å². The van der Waals surface area contributed by atoms with Gasteiger partial charge in [0.2, 0.25) is 11.8 Å². The number of carboxylic acid groups (broad SMARTS) is 1. The molecule has 0 saturated carbocycles. The van der Waals surface area contributed by atoms with Gasteiger partial charge in [-0.15, -0.1) is 0 Å². The van der Waals surface area contributed by atoms with Gasteiger partial charge >= 0.3 is 35.6 Å². The number of rotatable bonds is 9. The van der Waals surface area contributed by atoms with Crippen molar-refractivity contribution in [1.29, 1.82) is 0 Å². The van der Waals surface area contributed by atoms with E-state index in [4.69, 9.17) is 11.6 Å². The molecule has 1 aliphatic rings. The first-order valence-electron chi connectivity index (χ1n) is 11.9. The standard InChI is InChI=1S/C27H26ClN5O5.Na/c28-20-8-6-17(7-9-20)14-30-27(38)31-21-4-1-5-22(12-21)33-16-19(11-24(33)34)26(37)32-23(13-25(35)36)18-3-2-10-29-15-18;/h1-10,12,15,19,23H,11,13-14,16H2,(H,32,37)(H,35,36)(H2,30,31,38);/q;+1/p-1. The van der Waals surface area contributed by atoms with Crippen molar-refractivity contribution in [3.63, 3.8) is 0 Å². The minimum Gasteiger partial charge on any atom is -0.550 e. The quantitative estimate of drug-likeness (QED) is 0.300. The summed E-state index contributed by atoms with van der Waals surface area (Å²) >= 11 is 5.88. The van der Waals surface area contributed by atoms with Crippen molar-refractivity contribution in [2.24, 2.45) is 5.92 Å². The molecule has 2 atom stereocenters. The fourth-order valence-electron chi connectivity index (χ4n) is 4.13. The van der Waals surface area contributed by atoms with Crippen LogP contribution in [0.4, 0.5) is 16.2 Å². The number of aromatic nitrogens is 1. The molecule has 1 aliphatic heterocycles. The van der Waals surface area contributed by atoms with E-state index in [1.54, 1.807) is 54.7 Å². The van der Waals surface area contributed by atoms with Crippen LogP contribution < -0.4 is 55.5 Å². The van der Waals surface area contributed by atoms with E-state index in [1.807, 2.05) is 12.1 Å². The molecule has 10 nitrogen and oxygen atoms in total. The van der Waals surface area contributed by atoms with Gasteiger partial charge in [-0.25, -0.2) is 4.79 Å². The number of amides is 4. The molecular formula is C27H25ClN5NaO5. The molecule has 4 rings (SSSR count). The average Bonchev–Trinajstić information content (AvgIpc) is 3.30. The largest absolute Gasteiger partial charge is 1.00 e. The molecule has 2 unspecified atom stereocenters. The zero-order chi connectivity index (χ0) is 27.1. The first-order chi connectivity index (χ1) is 18.3. The smallest absolute Gasteiger partial charge is 0.550 e.